The van der Waals surface area contributed by atoms with Gasteiger partial charge in [-0.25, -0.2) is 0 Å². The molecule has 0 aliphatic rings. The number of ether oxygens (including phenoxy) is 1. The molecule has 0 unspecified atom stereocenters. The number of anilines is 1. The first-order chi connectivity index (χ1) is 13.1. The largest absolute Gasteiger partial charge is 0.867 e. The molecule has 5 heteroatoms. The Bertz CT molecular complexity index is 950. The van der Waals surface area contributed by atoms with Gasteiger partial charge in [0.2, 0.25) is 5.70 Å². The van der Waals surface area contributed by atoms with Crippen molar-refractivity contribution < 1.29 is 14.4 Å². The maximum absolute atomic E-state index is 13.2. The van der Waals surface area contributed by atoms with Crippen LogP contribution in [0.1, 0.15) is 11.1 Å². The standard InChI is InChI=1S/C22H20N2O2S/c1-16-6-10-18(11-7-16)23-22(27)20(24-14-4-3-5-15-24)21(25)17-8-12-19(26-2)13-9-17/h3-15H,1-2H3,(H-,23,25,27). The van der Waals surface area contributed by atoms with Crippen molar-refractivity contribution in [1.29, 1.82) is 0 Å². The van der Waals surface area contributed by atoms with Crippen LogP contribution in [0.25, 0.3) is 11.5 Å². The van der Waals surface area contributed by atoms with E-state index in [-0.39, 0.29) is 5.76 Å². The molecule has 0 amide bonds. The maximum atomic E-state index is 13.2. The first-order valence-corrected chi connectivity index (χ1v) is 8.89. The van der Waals surface area contributed by atoms with Gasteiger partial charge in [0.1, 0.15) is 5.75 Å². The number of benzene rings is 2. The summed E-state index contributed by atoms with van der Waals surface area (Å²) < 4.78 is 6.90. The summed E-state index contributed by atoms with van der Waals surface area (Å²) in [7, 11) is 1.59. The normalized spacial score (nSPS) is 11.5. The fourth-order valence-corrected chi connectivity index (χ4v) is 2.91. The van der Waals surface area contributed by atoms with Crippen LogP contribution in [0.4, 0.5) is 5.69 Å². The third kappa shape index (κ3) is 4.51. The van der Waals surface area contributed by atoms with E-state index in [1.54, 1.807) is 48.3 Å². The molecule has 136 valence electrons. The zero-order valence-corrected chi connectivity index (χ0v) is 16.0. The van der Waals surface area contributed by atoms with Gasteiger partial charge in [-0.2, -0.15) is 4.57 Å². The van der Waals surface area contributed by atoms with E-state index in [1.807, 2.05) is 49.4 Å². The first kappa shape index (κ1) is 18.6. The van der Waals surface area contributed by atoms with E-state index in [2.05, 4.69) is 5.32 Å². The topological polar surface area (TPSA) is 48.2 Å². The van der Waals surface area contributed by atoms with Crippen molar-refractivity contribution in [2.75, 3.05) is 12.4 Å². The van der Waals surface area contributed by atoms with Crippen molar-refractivity contribution in [2.24, 2.45) is 0 Å². The first-order valence-electron chi connectivity index (χ1n) is 8.49. The van der Waals surface area contributed by atoms with Gasteiger partial charge in [-0.3, -0.25) is 0 Å². The number of pyridine rings is 1. The highest BCUT2D eigenvalue weighted by molar-refractivity contribution is 7.81. The Morgan fingerprint density at radius 1 is 0.963 bits per heavy atom. The molecule has 1 aromatic heterocycles. The third-order valence-electron chi connectivity index (χ3n) is 4.07. The van der Waals surface area contributed by atoms with Crippen LogP contribution < -0.4 is 19.7 Å². The molecular formula is C22H20N2O2S. The average molecular weight is 376 g/mol. The molecule has 0 spiro atoms. The number of nitrogens with one attached hydrogen (secondary N) is 1. The lowest BCUT2D eigenvalue weighted by atomic mass is 10.1. The summed E-state index contributed by atoms with van der Waals surface area (Å²) in [5.74, 6) is 0.527. The van der Waals surface area contributed by atoms with Gasteiger partial charge in [0, 0.05) is 17.8 Å². The molecule has 4 nitrogen and oxygen atoms in total. The van der Waals surface area contributed by atoms with Crippen LogP contribution in [-0.4, -0.2) is 12.1 Å². The molecule has 27 heavy (non-hydrogen) atoms. The van der Waals surface area contributed by atoms with Crippen LogP contribution in [0.15, 0.2) is 79.1 Å². The van der Waals surface area contributed by atoms with Crippen LogP contribution in [0.5, 0.6) is 5.75 Å². The van der Waals surface area contributed by atoms with Crippen molar-refractivity contribution in [1.82, 2.24) is 0 Å². The molecular weight excluding hydrogens is 356 g/mol. The number of rotatable bonds is 5. The second-order valence-corrected chi connectivity index (χ2v) is 6.42. The number of aromatic nitrogens is 1. The monoisotopic (exact) mass is 376 g/mol. The number of hydrogen-bond donors (Lipinski definition) is 1. The molecule has 0 aliphatic heterocycles. The zero-order chi connectivity index (χ0) is 19.2. The molecule has 1 N–H and O–H groups in total. The second-order valence-electron chi connectivity index (χ2n) is 6.01. The SMILES string of the molecule is COc1ccc(/C([O-])=C(/C(=S)Nc2ccc(C)cc2)[n+]2ccccc2)cc1. The molecule has 2 aromatic carbocycles. The summed E-state index contributed by atoms with van der Waals surface area (Å²) in [5, 5.41) is 16.4. The summed E-state index contributed by atoms with van der Waals surface area (Å²) in [4.78, 5) is 0.357. The quantitative estimate of drug-likeness (QED) is 0.321. The minimum Gasteiger partial charge on any atom is -0.867 e. The molecule has 0 aliphatic carbocycles. The predicted octanol–water partition coefficient (Wildman–Crippen LogP) is 3.42. The van der Waals surface area contributed by atoms with E-state index in [0.717, 1.165) is 11.3 Å². The van der Waals surface area contributed by atoms with Crippen molar-refractivity contribution in [2.45, 2.75) is 6.92 Å². The van der Waals surface area contributed by atoms with Gasteiger partial charge in [-0.15, -0.1) is 0 Å². The van der Waals surface area contributed by atoms with Gasteiger partial charge in [-0.1, -0.05) is 48.1 Å². The van der Waals surface area contributed by atoms with Crippen molar-refractivity contribution in [3.8, 4) is 5.75 Å². The summed E-state index contributed by atoms with van der Waals surface area (Å²) in [5.41, 5.74) is 2.91. The molecule has 0 saturated carbocycles. The van der Waals surface area contributed by atoms with Gasteiger partial charge in [0.25, 0.3) is 0 Å². The van der Waals surface area contributed by atoms with Gasteiger partial charge in [-0.05, 0) is 42.5 Å². The summed E-state index contributed by atoms with van der Waals surface area (Å²) in [6.07, 6.45) is 3.61. The Morgan fingerprint density at radius 2 is 1.59 bits per heavy atom. The van der Waals surface area contributed by atoms with E-state index in [9.17, 15) is 5.11 Å². The smallest absolute Gasteiger partial charge is 0.238 e. The molecule has 0 atom stereocenters. The lowest BCUT2D eigenvalue weighted by molar-refractivity contribution is -0.577. The number of aryl methyl sites for hydroxylation is 1. The van der Waals surface area contributed by atoms with E-state index in [1.165, 1.54) is 0 Å². The van der Waals surface area contributed by atoms with E-state index in [0.29, 0.717) is 22.0 Å². The Labute approximate surface area is 164 Å². The Kier molecular flexibility index (Phi) is 5.84. The highest BCUT2D eigenvalue weighted by Gasteiger charge is 2.18. The Morgan fingerprint density at radius 3 is 2.19 bits per heavy atom. The molecule has 1 heterocycles. The summed E-state index contributed by atoms with van der Waals surface area (Å²) in [6.45, 7) is 2.02. The van der Waals surface area contributed by atoms with Crippen molar-refractivity contribution in [3.05, 3.63) is 90.3 Å². The van der Waals surface area contributed by atoms with E-state index < -0.39 is 0 Å². The highest BCUT2D eigenvalue weighted by Crippen LogP contribution is 2.20. The fraction of sp³-hybridized carbons (Fsp3) is 0.0909. The molecule has 0 saturated heterocycles. The molecule has 0 radical (unpaired) electrons. The molecule has 3 aromatic rings. The number of nitrogens with zero attached hydrogens (tertiary/aromatic N) is 1. The van der Waals surface area contributed by atoms with E-state index >= 15 is 0 Å². The van der Waals surface area contributed by atoms with Gasteiger partial charge < -0.3 is 15.2 Å². The van der Waals surface area contributed by atoms with Crippen LogP contribution >= 0.6 is 12.2 Å². The maximum Gasteiger partial charge on any atom is 0.238 e. The molecule has 0 bridgehead atoms. The fourth-order valence-electron chi connectivity index (χ4n) is 2.59. The minimum absolute atomic E-state index is 0.168. The Hall–Kier alpha value is -3.18. The van der Waals surface area contributed by atoms with Crippen LogP contribution in [0.2, 0.25) is 0 Å². The third-order valence-corrected chi connectivity index (χ3v) is 4.36. The van der Waals surface area contributed by atoms with E-state index in [4.69, 9.17) is 17.0 Å². The van der Waals surface area contributed by atoms with Crippen LogP contribution in [0.3, 0.4) is 0 Å². The minimum atomic E-state index is -0.168. The summed E-state index contributed by atoms with van der Waals surface area (Å²) in [6, 6.07) is 20.5. The predicted molar refractivity (Wildman–Crippen MR) is 110 cm³/mol. The lowest BCUT2D eigenvalue weighted by Crippen LogP contribution is -2.39. The van der Waals surface area contributed by atoms with Crippen LogP contribution in [-0.2, 0) is 0 Å². The van der Waals surface area contributed by atoms with Crippen LogP contribution in [0, 0.1) is 6.92 Å². The zero-order valence-electron chi connectivity index (χ0n) is 15.2. The highest BCUT2D eigenvalue weighted by atomic mass is 32.1. The molecule has 3 rings (SSSR count). The summed E-state index contributed by atoms with van der Waals surface area (Å²) >= 11 is 5.58. The lowest BCUT2D eigenvalue weighted by Gasteiger charge is -2.17. The molecule has 0 fully saturated rings. The van der Waals surface area contributed by atoms with Gasteiger partial charge in [0.15, 0.2) is 17.4 Å². The average Bonchev–Trinajstić information content (AvgIpc) is 2.71. The van der Waals surface area contributed by atoms with Crippen molar-refractivity contribution in [3.63, 3.8) is 0 Å². The number of thiocarbonyl (C=S) groups is 1. The van der Waals surface area contributed by atoms with Crippen molar-refractivity contribution >= 4 is 34.3 Å². The number of hydrogen-bond acceptors (Lipinski definition) is 3. The Balaban J connectivity index is 2.02. The van der Waals surface area contributed by atoms with Gasteiger partial charge in [0.05, 0.1) is 7.11 Å². The number of methoxy groups -OCH3 is 1. The second kappa shape index (κ2) is 8.47. The van der Waals surface area contributed by atoms with Gasteiger partial charge >= 0.3 is 0 Å².